The van der Waals surface area contributed by atoms with Gasteiger partial charge in [0.05, 0.1) is 0 Å². The largest absolute Gasteiger partial charge is 0.453 e. The van der Waals surface area contributed by atoms with Gasteiger partial charge in [0.25, 0.3) is 0 Å². The Balaban J connectivity index is 1.96. The number of fused-ring (bicyclic) bond motifs is 1. The Kier molecular flexibility index (Phi) is 1.74. The Bertz CT molecular complexity index is 504. The van der Waals surface area contributed by atoms with Gasteiger partial charge < -0.3 is 4.74 Å². The number of benzene rings is 1. The first-order valence-corrected chi connectivity index (χ1v) is 4.63. The molecule has 0 fully saturated rings. The van der Waals surface area contributed by atoms with E-state index in [4.69, 9.17) is 4.74 Å². The van der Waals surface area contributed by atoms with Gasteiger partial charge in [0.1, 0.15) is 5.75 Å². The van der Waals surface area contributed by atoms with E-state index >= 15 is 0 Å². The molecule has 0 unspecified atom stereocenters. The fraction of sp³-hybridized carbons (Fsp3) is 0.100. The molecule has 5 heteroatoms. The lowest BCUT2D eigenvalue weighted by Crippen LogP contribution is -2.05. The van der Waals surface area contributed by atoms with Gasteiger partial charge in [-0.05, 0) is 29.3 Å². The molecule has 0 saturated heterocycles. The van der Waals surface area contributed by atoms with Crippen LogP contribution < -0.4 is 4.74 Å². The van der Waals surface area contributed by atoms with E-state index in [0.29, 0.717) is 11.6 Å². The van der Waals surface area contributed by atoms with Gasteiger partial charge in [-0.15, -0.1) is 10.2 Å². The van der Waals surface area contributed by atoms with Crippen molar-refractivity contribution in [3.05, 3.63) is 41.7 Å². The molecule has 15 heavy (non-hydrogen) atoms. The summed E-state index contributed by atoms with van der Waals surface area (Å²) in [7, 11) is 0. The number of nitrogens with zero attached hydrogens (tertiary/aromatic N) is 3. The maximum atomic E-state index is 5.65. The molecule has 1 aromatic heterocycles. The summed E-state index contributed by atoms with van der Waals surface area (Å²) in [5, 5.41) is 13.6. The molecule has 0 saturated carbocycles. The molecular formula is C10H8N4O. The highest BCUT2D eigenvalue weighted by Crippen LogP contribution is 2.28. The van der Waals surface area contributed by atoms with Crippen molar-refractivity contribution in [3.63, 3.8) is 0 Å². The van der Waals surface area contributed by atoms with Crippen molar-refractivity contribution >= 4 is 5.76 Å². The molecule has 1 aliphatic rings. The van der Waals surface area contributed by atoms with Crippen molar-refractivity contribution in [1.82, 2.24) is 20.6 Å². The number of allylic oxidation sites excluding steroid dienone is 1. The second-order valence-corrected chi connectivity index (χ2v) is 3.22. The Morgan fingerprint density at radius 2 is 2.20 bits per heavy atom. The first kappa shape index (κ1) is 8.16. The minimum Gasteiger partial charge on any atom is -0.453 e. The van der Waals surface area contributed by atoms with Crippen molar-refractivity contribution in [2.75, 3.05) is 0 Å². The molecule has 0 aliphatic carbocycles. The number of rotatable bonds is 1. The summed E-state index contributed by atoms with van der Waals surface area (Å²) in [5.41, 5.74) is 1.17. The zero-order chi connectivity index (χ0) is 10.1. The number of para-hydroxylation sites is 1. The number of aromatic amines is 1. The predicted molar refractivity (Wildman–Crippen MR) is 52.9 cm³/mol. The van der Waals surface area contributed by atoms with Crippen LogP contribution in [0.5, 0.6) is 5.75 Å². The quantitative estimate of drug-likeness (QED) is 0.750. The third-order valence-corrected chi connectivity index (χ3v) is 2.27. The lowest BCUT2D eigenvalue weighted by molar-refractivity contribution is 0.492. The molecule has 0 radical (unpaired) electrons. The standard InChI is InChI=1S/C10H8N4O/c1-2-4-8-7(3-1)5-6-9(15-8)10-11-13-14-12-10/h1-4,6H,5H2,(H,11,12,13,14). The average molecular weight is 200 g/mol. The Labute approximate surface area is 85.8 Å². The molecule has 0 spiro atoms. The summed E-state index contributed by atoms with van der Waals surface area (Å²) in [6.07, 6.45) is 2.78. The highest BCUT2D eigenvalue weighted by atomic mass is 16.5. The fourth-order valence-corrected chi connectivity index (χ4v) is 1.54. The number of nitrogens with one attached hydrogen (secondary N) is 1. The van der Waals surface area contributed by atoms with Crippen molar-refractivity contribution < 1.29 is 4.74 Å². The van der Waals surface area contributed by atoms with E-state index in [1.807, 2.05) is 30.3 Å². The lowest BCUT2D eigenvalue weighted by Gasteiger charge is -2.15. The first-order valence-electron chi connectivity index (χ1n) is 4.63. The van der Waals surface area contributed by atoms with Gasteiger partial charge in [-0.3, -0.25) is 0 Å². The normalized spacial score (nSPS) is 14.0. The molecular weight excluding hydrogens is 192 g/mol. The second-order valence-electron chi connectivity index (χ2n) is 3.22. The Morgan fingerprint density at radius 3 is 3.07 bits per heavy atom. The van der Waals surface area contributed by atoms with E-state index in [1.165, 1.54) is 5.56 Å². The number of hydrogen-bond acceptors (Lipinski definition) is 4. The molecule has 74 valence electrons. The maximum Gasteiger partial charge on any atom is 0.239 e. The van der Waals surface area contributed by atoms with Crippen LogP contribution in [0.1, 0.15) is 11.4 Å². The predicted octanol–water partition coefficient (Wildman–Crippen LogP) is 1.18. The van der Waals surface area contributed by atoms with Crippen molar-refractivity contribution in [2.24, 2.45) is 0 Å². The summed E-state index contributed by atoms with van der Waals surface area (Å²) < 4.78 is 5.65. The molecule has 1 aliphatic heterocycles. The summed E-state index contributed by atoms with van der Waals surface area (Å²) in [6, 6.07) is 7.91. The smallest absolute Gasteiger partial charge is 0.239 e. The number of tetrazole rings is 1. The third kappa shape index (κ3) is 1.38. The van der Waals surface area contributed by atoms with Crippen LogP contribution in [-0.4, -0.2) is 20.6 Å². The van der Waals surface area contributed by atoms with Crippen LogP contribution in [-0.2, 0) is 6.42 Å². The SMILES string of the molecule is C1=C(c2nn[nH]n2)Oc2ccccc2C1. The Hall–Kier alpha value is -2.17. The van der Waals surface area contributed by atoms with Gasteiger partial charge in [0.15, 0.2) is 5.76 Å². The van der Waals surface area contributed by atoms with Crippen molar-refractivity contribution in [1.29, 1.82) is 0 Å². The molecule has 0 atom stereocenters. The highest BCUT2D eigenvalue weighted by Gasteiger charge is 2.15. The summed E-state index contributed by atoms with van der Waals surface area (Å²) in [4.78, 5) is 0. The molecule has 5 nitrogen and oxygen atoms in total. The second kappa shape index (κ2) is 3.20. The molecule has 3 rings (SSSR count). The molecule has 2 aromatic rings. The number of H-pyrrole nitrogens is 1. The molecule has 1 aromatic carbocycles. The van der Waals surface area contributed by atoms with Crippen LogP contribution in [0, 0.1) is 0 Å². The van der Waals surface area contributed by atoms with Crippen molar-refractivity contribution in [2.45, 2.75) is 6.42 Å². The van der Waals surface area contributed by atoms with Crippen LogP contribution in [0.4, 0.5) is 0 Å². The van der Waals surface area contributed by atoms with Crippen LogP contribution in [0.2, 0.25) is 0 Å². The molecule has 0 bridgehead atoms. The highest BCUT2D eigenvalue weighted by molar-refractivity contribution is 5.59. The minimum absolute atomic E-state index is 0.490. The third-order valence-electron chi connectivity index (χ3n) is 2.27. The van der Waals surface area contributed by atoms with Gasteiger partial charge in [0, 0.05) is 0 Å². The zero-order valence-electron chi connectivity index (χ0n) is 7.84. The van der Waals surface area contributed by atoms with E-state index in [-0.39, 0.29) is 0 Å². The molecule has 0 amide bonds. The van der Waals surface area contributed by atoms with Crippen LogP contribution >= 0.6 is 0 Å². The van der Waals surface area contributed by atoms with Gasteiger partial charge in [-0.1, -0.05) is 18.2 Å². The van der Waals surface area contributed by atoms with E-state index < -0.39 is 0 Å². The summed E-state index contributed by atoms with van der Waals surface area (Å²) >= 11 is 0. The maximum absolute atomic E-state index is 5.65. The first-order chi connectivity index (χ1) is 7.43. The van der Waals surface area contributed by atoms with E-state index in [9.17, 15) is 0 Å². The minimum atomic E-state index is 0.490. The summed E-state index contributed by atoms with van der Waals surface area (Å²) in [6.45, 7) is 0. The van der Waals surface area contributed by atoms with E-state index in [0.717, 1.165) is 12.2 Å². The van der Waals surface area contributed by atoms with Gasteiger partial charge >= 0.3 is 0 Å². The zero-order valence-corrected chi connectivity index (χ0v) is 7.84. The van der Waals surface area contributed by atoms with Crippen LogP contribution in [0.25, 0.3) is 5.76 Å². The number of aromatic nitrogens is 4. The fourth-order valence-electron chi connectivity index (χ4n) is 1.54. The molecule has 1 N–H and O–H groups in total. The van der Waals surface area contributed by atoms with Crippen molar-refractivity contribution in [3.8, 4) is 5.75 Å². The average Bonchev–Trinajstić information content (AvgIpc) is 2.82. The van der Waals surface area contributed by atoms with Gasteiger partial charge in [-0.2, -0.15) is 5.21 Å². The van der Waals surface area contributed by atoms with Gasteiger partial charge in [0.2, 0.25) is 5.82 Å². The number of ether oxygens (including phenoxy) is 1. The Morgan fingerprint density at radius 1 is 1.27 bits per heavy atom. The monoisotopic (exact) mass is 200 g/mol. The number of hydrogen-bond donors (Lipinski definition) is 1. The van der Waals surface area contributed by atoms with E-state index in [2.05, 4.69) is 20.6 Å². The van der Waals surface area contributed by atoms with Crippen LogP contribution in [0.15, 0.2) is 30.3 Å². The molecule has 2 heterocycles. The van der Waals surface area contributed by atoms with Gasteiger partial charge in [-0.25, -0.2) is 0 Å². The lowest BCUT2D eigenvalue weighted by atomic mass is 10.1. The summed E-state index contributed by atoms with van der Waals surface area (Å²) in [5.74, 6) is 2.01. The topological polar surface area (TPSA) is 63.7 Å². The van der Waals surface area contributed by atoms with E-state index in [1.54, 1.807) is 0 Å². The van der Waals surface area contributed by atoms with Crippen LogP contribution in [0.3, 0.4) is 0 Å².